The summed E-state index contributed by atoms with van der Waals surface area (Å²) in [6.45, 7) is 0. The number of carbonyl (C=O) groups excluding carboxylic acids is 1. The van der Waals surface area contributed by atoms with Gasteiger partial charge in [-0.2, -0.15) is 18.3 Å². The lowest BCUT2D eigenvalue weighted by atomic mass is 10.1. The maximum atomic E-state index is 12.8. The molecule has 9 heteroatoms. The van der Waals surface area contributed by atoms with Gasteiger partial charge in [-0.25, -0.2) is 0 Å². The van der Waals surface area contributed by atoms with Gasteiger partial charge in [-0.3, -0.25) is 9.48 Å². The van der Waals surface area contributed by atoms with E-state index >= 15 is 0 Å². The fourth-order valence-corrected chi connectivity index (χ4v) is 2.55. The van der Waals surface area contributed by atoms with Crippen LogP contribution in [0.25, 0.3) is 0 Å². The minimum absolute atomic E-state index is 0.0616. The smallest absolute Gasteiger partial charge is 0.435 e. The van der Waals surface area contributed by atoms with E-state index in [1.807, 2.05) is 0 Å². The average Bonchev–Trinajstić information content (AvgIpc) is 3.03. The summed E-state index contributed by atoms with van der Waals surface area (Å²) in [7, 11) is 2.87. The summed E-state index contributed by atoms with van der Waals surface area (Å²) in [6, 6.07) is 14.6. The maximum absolute atomic E-state index is 12.8. The van der Waals surface area contributed by atoms with Crippen molar-refractivity contribution in [2.24, 2.45) is 7.05 Å². The number of aromatic nitrogens is 2. The minimum Gasteiger partial charge on any atom is -0.497 e. The summed E-state index contributed by atoms with van der Waals surface area (Å²) in [4.78, 5) is 12.7. The van der Waals surface area contributed by atoms with Gasteiger partial charge in [0.15, 0.2) is 5.69 Å². The molecule has 0 radical (unpaired) electrons. The Kier molecular flexibility index (Phi) is 5.25. The van der Waals surface area contributed by atoms with E-state index in [4.69, 9.17) is 4.74 Å². The number of nitrogens with zero attached hydrogens (tertiary/aromatic N) is 2. The molecule has 1 aromatic heterocycles. The lowest BCUT2D eigenvalue weighted by molar-refractivity contribution is -0.141. The topological polar surface area (TPSA) is 68.2 Å². The molecule has 0 aliphatic carbocycles. The molecule has 0 bridgehead atoms. The van der Waals surface area contributed by atoms with E-state index in [0.29, 0.717) is 17.1 Å². The third kappa shape index (κ3) is 4.25. The third-order valence-electron chi connectivity index (χ3n) is 3.93. The number of carbonyl (C=O) groups is 1. The number of amides is 1. The first kappa shape index (κ1) is 19.3. The Balaban J connectivity index is 1.84. The highest BCUT2D eigenvalue weighted by molar-refractivity contribution is 6.08. The van der Waals surface area contributed by atoms with Crippen LogP contribution in [0.2, 0.25) is 0 Å². The fourth-order valence-electron chi connectivity index (χ4n) is 2.55. The number of ether oxygens (including phenoxy) is 1. The van der Waals surface area contributed by atoms with Crippen molar-refractivity contribution in [3.63, 3.8) is 0 Å². The summed E-state index contributed by atoms with van der Waals surface area (Å²) in [6.07, 6.45) is -4.59. The second-order valence-electron chi connectivity index (χ2n) is 5.89. The lowest BCUT2D eigenvalue weighted by Gasteiger charge is -2.13. The highest BCUT2D eigenvalue weighted by Crippen LogP contribution is 2.30. The van der Waals surface area contributed by atoms with Crippen LogP contribution in [-0.2, 0) is 13.2 Å². The quantitative estimate of drug-likeness (QED) is 0.676. The van der Waals surface area contributed by atoms with Crippen LogP contribution in [0.4, 0.5) is 30.4 Å². The molecule has 0 aliphatic heterocycles. The molecule has 3 rings (SSSR count). The molecule has 6 nitrogen and oxygen atoms in total. The van der Waals surface area contributed by atoms with Crippen LogP contribution >= 0.6 is 0 Å². The number of anilines is 3. The molecule has 0 atom stereocenters. The van der Waals surface area contributed by atoms with Gasteiger partial charge in [-0.05, 0) is 24.3 Å². The fraction of sp³-hybridized carbons (Fsp3) is 0.158. The number of alkyl halides is 3. The first-order valence-electron chi connectivity index (χ1n) is 8.20. The summed E-state index contributed by atoms with van der Waals surface area (Å²) in [5.74, 6) is 0.0118. The largest absolute Gasteiger partial charge is 0.497 e. The number of methoxy groups -OCH3 is 1. The predicted octanol–water partition coefficient (Wildman–Crippen LogP) is 4.44. The summed E-state index contributed by atoms with van der Waals surface area (Å²) < 4.78 is 44.5. The molecule has 0 saturated heterocycles. The van der Waals surface area contributed by atoms with Gasteiger partial charge in [0.1, 0.15) is 11.6 Å². The molecule has 1 heterocycles. The molecular formula is C19H17F3N4O2. The number of benzene rings is 2. The SMILES string of the molecule is COc1cccc(Nc2ccccc2C(=O)Nc2cc(C(F)(F)F)nn2C)c1. The van der Waals surface area contributed by atoms with E-state index in [0.717, 1.165) is 10.7 Å². The Hall–Kier alpha value is -3.49. The summed E-state index contributed by atoms with van der Waals surface area (Å²) in [5.41, 5.74) is 0.374. The Morgan fingerprint density at radius 3 is 2.54 bits per heavy atom. The van der Waals surface area contributed by atoms with Crippen LogP contribution in [0.1, 0.15) is 16.1 Å². The van der Waals surface area contributed by atoms with Crippen LogP contribution in [0, 0.1) is 0 Å². The monoisotopic (exact) mass is 390 g/mol. The number of hydrogen-bond donors (Lipinski definition) is 2. The van der Waals surface area contributed by atoms with Gasteiger partial charge < -0.3 is 15.4 Å². The van der Waals surface area contributed by atoms with E-state index in [1.165, 1.54) is 7.05 Å². The maximum Gasteiger partial charge on any atom is 0.435 e. The molecule has 0 unspecified atom stereocenters. The molecule has 146 valence electrons. The van der Waals surface area contributed by atoms with Gasteiger partial charge in [0, 0.05) is 24.9 Å². The average molecular weight is 390 g/mol. The standard InChI is InChI=1S/C19H17F3N4O2/c1-26-17(11-16(25-26)19(20,21)22)24-18(27)14-8-3-4-9-15(14)23-12-6-5-7-13(10-12)28-2/h3-11,23H,1-2H3,(H,24,27). The Bertz CT molecular complexity index is 999. The van der Waals surface area contributed by atoms with Gasteiger partial charge in [0.05, 0.1) is 18.4 Å². The van der Waals surface area contributed by atoms with Crippen LogP contribution < -0.4 is 15.4 Å². The van der Waals surface area contributed by atoms with E-state index in [-0.39, 0.29) is 11.4 Å². The first-order valence-corrected chi connectivity index (χ1v) is 8.20. The van der Waals surface area contributed by atoms with Crippen molar-refractivity contribution >= 4 is 23.1 Å². The van der Waals surface area contributed by atoms with Crippen molar-refractivity contribution in [2.75, 3.05) is 17.7 Å². The number of para-hydroxylation sites is 1. The Labute approximate surface area is 158 Å². The number of nitrogens with one attached hydrogen (secondary N) is 2. The first-order chi connectivity index (χ1) is 13.3. The zero-order valence-corrected chi connectivity index (χ0v) is 15.0. The third-order valence-corrected chi connectivity index (χ3v) is 3.93. The zero-order chi connectivity index (χ0) is 20.3. The highest BCUT2D eigenvalue weighted by atomic mass is 19.4. The van der Waals surface area contributed by atoms with E-state index in [2.05, 4.69) is 15.7 Å². The van der Waals surface area contributed by atoms with Crippen molar-refractivity contribution in [1.82, 2.24) is 9.78 Å². The molecule has 0 aliphatic rings. The zero-order valence-electron chi connectivity index (χ0n) is 15.0. The normalized spacial score (nSPS) is 11.2. The molecule has 28 heavy (non-hydrogen) atoms. The van der Waals surface area contributed by atoms with Crippen molar-refractivity contribution in [2.45, 2.75) is 6.18 Å². The van der Waals surface area contributed by atoms with E-state index in [1.54, 1.807) is 55.6 Å². The molecule has 0 spiro atoms. The molecular weight excluding hydrogens is 373 g/mol. The van der Waals surface area contributed by atoms with E-state index < -0.39 is 17.8 Å². The summed E-state index contributed by atoms with van der Waals surface area (Å²) in [5, 5.41) is 8.96. The van der Waals surface area contributed by atoms with Crippen molar-refractivity contribution in [3.8, 4) is 5.75 Å². The lowest BCUT2D eigenvalue weighted by Crippen LogP contribution is -2.16. The van der Waals surface area contributed by atoms with Crippen molar-refractivity contribution in [1.29, 1.82) is 0 Å². The highest BCUT2D eigenvalue weighted by Gasteiger charge is 2.34. The molecule has 1 amide bonds. The molecule has 2 aromatic carbocycles. The van der Waals surface area contributed by atoms with Crippen molar-refractivity contribution in [3.05, 3.63) is 65.9 Å². The van der Waals surface area contributed by atoms with E-state index in [9.17, 15) is 18.0 Å². The Morgan fingerprint density at radius 1 is 1.11 bits per heavy atom. The predicted molar refractivity (Wildman–Crippen MR) is 98.9 cm³/mol. The molecule has 0 fully saturated rings. The number of halogens is 3. The van der Waals surface area contributed by atoms with Crippen molar-refractivity contribution < 1.29 is 22.7 Å². The minimum atomic E-state index is -4.59. The number of rotatable bonds is 5. The number of hydrogen-bond acceptors (Lipinski definition) is 4. The second kappa shape index (κ2) is 7.63. The van der Waals surface area contributed by atoms with Crippen LogP contribution in [0.5, 0.6) is 5.75 Å². The molecule has 3 aromatic rings. The van der Waals surface area contributed by atoms with Crippen LogP contribution in [0.15, 0.2) is 54.6 Å². The molecule has 0 saturated carbocycles. The molecule has 2 N–H and O–H groups in total. The van der Waals surface area contributed by atoms with Crippen LogP contribution in [0.3, 0.4) is 0 Å². The van der Waals surface area contributed by atoms with Gasteiger partial charge in [-0.1, -0.05) is 18.2 Å². The van der Waals surface area contributed by atoms with Gasteiger partial charge >= 0.3 is 6.18 Å². The Morgan fingerprint density at radius 2 is 1.86 bits per heavy atom. The van der Waals surface area contributed by atoms with Gasteiger partial charge in [-0.15, -0.1) is 0 Å². The van der Waals surface area contributed by atoms with Gasteiger partial charge in [0.2, 0.25) is 0 Å². The second-order valence-corrected chi connectivity index (χ2v) is 5.89. The van der Waals surface area contributed by atoms with Gasteiger partial charge in [0.25, 0.3) is 5.91 Å². The van der Waals surface area contributed by atoms with Crippen LogP contribution in [-0.4, -0.2) is 22.8 Å². The summed E-state index contributed by atoms with van der Waals surface area (Å²) >= 11 is 0. The number of aryl methyl sites for hydroxylation is 1.